The molecular weight excluding hydrogens is 481 g/mol. The monoisotopic (exact) mass is 504 g/mol. The number of ether oxygens (including phenoxy) is 1. The van der Waals surface area contributed by atoms with Crippen molar-refractivity contribution in [1.29, 1.82) is 0 Å². The first-order valence-electron chi connectivity index (χ1n) is 10.8. The van der Waals surface area contributed by atoms with E-state index in [1.54, 1.807) is 0 Å². The fourth-order valence-electron chi connectivity index (χ4n) is 4.34. The van der Waals surface area contributed by atoms with E-state index in [9.17, 15) is 22.8 Å². The maximum absolute atomic E-state index is 13.2. The Hall–Kier alpha value is -3.27. The zero-order chi connectivity index (χ0) is 25.5. The summed E-state index contributed by atoms with van der Waals surface area (Å²) in [6.07, 6.45) is -1.92. The standard InChI is InChI=1S/C25H23F3N2O4S/c1-13-9-18-17(19(30-33-4)7-8-24(18,2)3)12-15(13)16-10-14(5-6-20(16)34-25(26,27)28)11-21-22(31)29-23(32)35-21/h5-6,9-12H,7-8H2,1-4H3,(H,29,31,32)/b21-11-,30-19+. The second-order valence-electron chi connectivity index (χ2n) is 8.97. The predicted molar refractivity (Wildman–Crippen MR) is 128 cm³/mol. The highest BCUT2D eigenvalue weighted by atomic mass is 32.2. The largest absolute Gasteiger partial charge is 0.573 e. The van der Waals surface area contributed by atoms with E-state index in [0.717, 1.165) is 40.6 Å². The van der Waals surface area contributed by atoms with Gasteiger partial charge in [0.2, 0.25) is 0 Å². The number of thioether (sulfide) groups is 1. The van der Waals surface area contributed by atoms with Crippen LogP contribution in [0.3, 0.4) is 0 Å². The number of fused-ring (bicyclic) bond motifs is 1. The van der Waals surface area contributed by atoms with Crippen molar-refractivity contribution in [2.24, 2.45) is 5.16 Å². The first kappa shape index (κ1) is 24.8. The fourth-order valence-corrected chi connectivity index (χ4v) is 5.02. The lowest BCUT2D eigenvalue weighted by atomic mass is 9.70. The van der Waals surface area contributed by atoms with Crippen LogP contribution < -0.4 is 10.1 Å². The molecule has 1 N–H and O–H groups in total. The van der Waals surface area contributed by atoms with Crippen molar-refractivity contribution >= 4 is 34.7 Å². The first-order chi connectivity index (χ1) is 16.4. The third-order valence-corrected chi connectivity index (χ3v) is 6.86. The van der Waals surface area contributed by atoms with E-state index in [-0.39, 0.29) is 21.6 Å². The summed E-state index contributed by atoms with van der Waals surface area (Å²) in [5.41, 5.74) is 4.35. The Bertz CT molecular complexity index is 1280. The Balaban J connectivity index is 1.91. The van der Waals surface area contributed by atoms with Gasteiger partial charge in [-0.1, -0.05) is 31.1 Å². The Morgan fingerprint density at radius 2 is 1.86 bits per heavy atom. The van der Waals surface area contributed by atoms with E-state index in [0.29, 0.717) is 17.5 Å². The SMILES string of the molecule is CO/N=C1\CCC(C)(C)c2cc(C)c(-c3cc(/C=C4\SC(=O)NC4=O)ccc3OC(F)(F)F)cc21. The van der Waals surface area contributed by atoms with E-state index in [2.05, 4.69) is 29.1 Å². The second-order valence-corrected chi connectivity index (χ2v) is 9.99. The van der Waals surface area contributed by atoms with Gasteiger partial charge in [0, 0.05) is 11.1 Å². The van der Waals surface area contributed by atoms with Crippen LogP contribution >= 0.6 is 11.8 Å². The molecule has 1 aliphatic carbocycles. The predicted octanol–water partition coefficient (Wildman–Crippen LogP) is 6.31. The van der Waals surface area contributed by atoms with Gasteiger partial charge in [-0.3, -0.25) is 14.9 Å². The van der Waals surface area contributed by atoms with E-state index in [4.69, 9.17) is 4.84 Å². The normalized spacial score (nSPS) is 19.6. The Labute approximate surface area is 204 Å². The van der Waals surface area contributed by atoms with Gasteiger partial charge in [-0.25, -0.2) is 0 Å². The number of nitrogens with zero attached hydrogens (tertiary/aromatic N) is 1. The lowest BCUT2D eigenvalue weighted by Crippen LogP contribution is -2.28. The number of nitrogens with one attached hydrogen (secondary N) is 1. The summed E-state index contributed by atoms with van der Waals surface area (Å²) in [4.78, 5) is 28.6. The van der Waals surface area contributed by atoms with Gasteiger partial charge in [-0.2, -0.15) is 0 Å². The van der Waals surface area contributed by atoms with Crippen molar-refractivity contribution in [2.75, 3.05) is 7.11 Å². The highest BCUT2D eigenvalue weighted by Crippen LogP contribution is 2.43. The number of amides is 2. The summed E-state index contributed by atoms with van der Waals surface area (Å²) in [5, 5.41) is 5.81. The summed E-state index contributed by atoms with van der Waals surface area (Å²) in [7, 11) is 1.45. The summed E-state index contributed by atoms with van der Waals surface area (Å²) in [5.74, 6) is -0.924. The summed E-state index contributed by atoms with van der Waals surface area (Å²) in [6, 6.07) is 7.92. The number of halogens is 3. The second kappa shape index (κ2) is 9.07. The van der Waals surface area contributed by atoms with Crippen molar-refractivity contribution in [1.82, 2.24) is 5.32 Å². The molecule has 2 aliphatic rings. The van der Waals surface area contributed by atoms with Crippen molar-refractivity contribution in [3.05, 3.63) is 57.5 Å². The van der Waals surface area contributed by atoms with Crippen LogP contribution in [0.5, 0.6) is 5.75 Å². The average Bonchev–Trinajstić information content (AvgIpc) is 3.07. The Morgan fingerprint density at radius 3 is 2.49 bits per heavy atom. The molecule has 10 heteroatoms. The molecule has 4 rings (SSSR count). The lowest BCUT2D eigenvalue weighted by Gasteiger charge is -2.34. The van der Waals surface area contributed by atoms with Gasteiger partial charge in [-0.15, -0.1) is 13.2 Å². The van der Waals surface area contributed by atoms with Crippen molar-refractivity contribution < 1.29 is 32.3 Å². The molecule has 1 heterocycles. The number of benzene rings is 2. The zero-order valence-corrected chi connectivity index (χ0v) is 20.3. The third kappa shape index (κ3) is 5.22. The summed E-state index contributed by atoms with van der Waals surface area (Å²) in [6.45, 7) is 6.06. The van der Waals surface area contributed by atoms with E-state index in [1.165, 1.54) is 31.4 Å². The molecule has 2 aromatic carbocycles. The minimum Gasteiger partial charge on any atom is -0.405 e. The van der Waals surface area contributed by atoms with Gasteiger partial charge in [0.15, 0.2) is 0 Å². The van der Waals surface area contributed by atoms with Crippen LogP contribution in [0.15, 0.2) is 40.4 Å². The van der Waals surface area contributed by atoms with Crippen LogP contribution in [0.2, 0.25) is 0 Å². The highest BCUT2D eigenvalue weighted by molar-refractivity contribution is 8.18. The van der Waals surface area contributed by atoms with Gasteiger partial charge in [-0.05, 0) is 83.5 Å². The van der Waals surface area contributed by atoms with E-state index < -0.39 is 17.5 Å². The summed E-state index contributed by atoms with van der Waals surface area (Å²) < 4.78 is 44.1. The topological polar surface area (TPSA) is 77.0 Å². The molecule has 6 nitrogen and oxygen atoms in total. The summed E-state index contributed by atoms with van der Waals surface area (Å²) >= 11 is 0.732. The smallest absolute Gasteiger partial charge is 0.405 e. The molecule has 0 atom stereocenters. The van der Waals surface area contributed by atoms with Crippen LogP contribution in [0.25, 0.3) is 17.2 Å². The van der Waals surface area contributed by atoms with Gasteiger partial charge in [0.1, 0.15) is 12.9 Å². The molecular formula is C25H23F3N2O4S. The Morgan fingerprint density at radius 1 is 1.11 bits per heavy atom. The van der Waals surface area contributed by atoms with Crippen LogP contribution in [0, 0.1) is 6.92 Å². The molecule has 1 fully saturated rings. The number of carbonyl (C=O) groups excluding carboxylic acids is 2. The fraction of sp³-hybridized carbons (Fsp3) is 0.320. The molecule has 0 spiro atoms. The molecule has 0 unspecified atom stereocenters. The molecule has 0 aromatic heterocycles. The van der Waals surface area contributed by atoms with Crippen molar-refractivity contribution in [2.45, 2.75) is 45.4 Å². The maximum Gasteiger partial charge on any atom is 0.573 e. The molecule has 184 valence electrons. The van der Waals surface area contributed by atoms with Crippen LogP contribution in [0.4, 0.5) is 18.0 Å². The van der Waals surface area contributed by atoms with Gasteiger partial charge in [0.05, 0.1) is 10.6 Å². The van der Waals surface area contributed by atoms with Gasteiger partial charge >= 0.3 is 6.36 Å². The molecule has 0 saturated carbocycles. The molecule has 0 radical (unpaired) electrons. The van der Waals surface area contributed by atoms with Crippen molar-refractivity contribution in [3.63, 3.8) is 0 Å². The van der Waals surface area contributed by atoms with Crippen LogP contribution in [-0.4, -0.2) is 30.3 Å². The minimum atomic E-state index is -4.89. The number of hydrogen-bond donors (Lipinski definition) is 1. The molecule has 2 aromatic rings. The highest BCUT2D eigenvalue weighted by Gasteiger charge is 2.34. The lowest BCUT2D eigenvalue weighted by molar-refractivity contribution is -0.274. The molecule has 1 saturated heterocycles. The molecule has 35 heavy (non-hydrogen) atoms. The Kier molecular flexibility index (Phi) is 6.44. The van der Waals surface area contributed by atoms with Gasteiger partial charge < -0.3 is 9.57 Å². The number of hydrogen-bond acceptors (Lipinski definition) is 6. The van der Waals surface area contributed by atoms with Crippen molar-refractivity contribution in [3.8, 4) is 16.9 Å². The molecule has 2 amide bonds. The van der Waals surface area contributed by atoms with Crippen LogP contribution in [-0.2, 0) is 15.0 Å². The molecule has 1 aliphatic heterocycles. The quantitative estimate of drug-likeness (QED) is 0.390. The van der Waals surface area contributed by atoms with E-state index in [1.807, 2.05) is 19.1 Å². The maximum atomic E-state index is 13.2. The first-order valence-corrected chi connectivity index (χ1v) is 11.6. The number of rotatable bonds is 4. The van der Waals surface area contributed by atoms with Gasteiger partial charge in [0.25, 0.3) is 11.1 Å². The number of carbonyl (C=O) groups is 2. The number of oxime groups is 1. The number of aryl methyl sites for hydroxylation is 1. The van der Waals surface area contributed by atoms with Crippen LogP contribution in [0.1, 0.15) is 48.9 Å². The third-order valence-electron chi connectivity index (χ3n) is 6.05. The van der Waals surface area contributed by atoms with E-state index >= 15 is 0 Å². The minimum absolute atomic E-state index is 0.150. The molecule has 0 bridgehead atoms. The average molecular weight is 505 g/mol. The number of alkyl halides is 3. The number of imide groups is 1. The zero-order valence-electron chi connectivity index (χ0n) is 19.5.